The molecule has 1 saturated heterocycles. The Morgan fingerprint density at radius 3 is 2.70 bits per heavy atom. The van der Waals surface area contributed by atoms with Crippen LogP contribution in [-0.2, 0) is 17.8 Å². The minimum Gasteiger partial charge on any atom is -0.341 e. The highest BCUT2D eigenvalue weighted by Gasteiger charge is 2.27. The molecule has 142 valence electrons. The van der Waals surface area contributed by atoms with Crippen molar-refractivity contribution in [3.63, 3.8) is 0 Å². The molecule has 2 aliphatic rings. The smallest absolute Gasteiger partial charge is 0.223 e. The van der Waals surface area contributed by atoms with Crippen LogP contribution in [-0.4, -0.2) is 41.9 Å². The third-order valence-corrected chi connectivity index (χ3v) is 5.97. The summed E-state index contributed by atoms with van der Waals surface area (Å²) >= 11 is 0. The number of aryl methyl sites for hydroxylation is 1. The summed E-state index contributed by atoms with van der Waals surface area (Å²) < 4.78 is 13.9. The van der Waals surface area contributed by atoms with Crippen LogP contribution in [0.2, 0.25) is 0 Å². The summed E-state index contributed by atoms with van der Waals surface area (Å²) in [7, 11) is 0. The zero-order chi connectivity index (χ0) is 18.6. The van der Waals surface area contributed by atoms with Gasteiger partial charge in [0, 0.05) is 44.7 Å². The first-order chi connectivity index (χ1) is 13.2. The molecule has 3 nitrogen and oxygen atoms in total. The molecule has 1 aliphatic heterocycles. The molecule has 0 unspecified atom stereocenters. The highest BCUT2D eigenvalue weighted by molar-refractivity contribution is 5.77. The van der Waals surface area contributed by atoms with Crippen LogP contribution in [0.1, 0.15) is 41.9 Å². The number of amides is 1. The van der Waals surface area contributed by atoms with Gasteiger partial charge in [-0.05, 0) is 42.4 Å². The second-order valence-electron chi connectivity index (χ2n) is 7.74. The molecule has 0 spiro atoms. The van der Waals surface area contributed by atoms with Crippen LogP contribution in [0.4, 0.5) is 4.39 Å². The van der Waals surface area contributed by atoms with Gasteiger partial charge in [-0.15, -0.1) is 0 Å². The Kier molecular flexibility index (Phi) is 5.53. The lowest BCUT2D eigenvalue weighted by Crippen LogP contribution is -2.35. The van der Waals surface area contributed by atoms with E-state index in [-0.39, 0.29) is 11.7 Å². The van der Waals surface area contributed by atoms with E-state index < -0.39 is 0 Å². The van der Waals surface area contributed by atoms with E-state index in [9.17, 15) is 9.18 Å². The Morgan fingerprint density at radius 2 is 1.81 bits per heavy atom. The number of rotatable bonds is 4. The van der Waals surface area contributed by atoms with Crippen molar-refractivity contribution < 1.29 is 9.18 Å². The van der Waals surface area contributed by atoms with E-state index in [1.165, 1.54) is 17.2 Å². The Morgan fingerprint density at radius 1 is 1.00 bits per heavy atom. The van der Waals surface area contributed by atoms with Crippen LogP contribution in [0, 0.1) is 5.82 Å². The van der Waals surface area contributed by atoms with Crippen molar-refractivity contribution in [3.8, 4) is 0 Å². The zero-order valence-electron chi connectivity index (χ0n) is 15.7. The van der Waals surface area contributed by atoms with Crippen molar-refractivity contribution in [2.75, 3.05) is 26.2 Å². The summed E-state index contributed by atoms with van der Waals surface area (Å²) in [6, 6.07) is 15.5. The number of hydrogen-bond acceptors (Lipinski definition) is 2. The predicted molar refractivity (Wildman–Crippen MR) is 105 cm³/mol. The molecule has 0 radical (unpaired) electrons. The maximum atomic E-state index is 13.9. The van der Waals surface area contributed by atoms with Crippen LogP contribution in [0.25, 0.3) is 0 Å². The molecule has 0 bridgehead atoms. The van der Waals surface area contributed by atoms with E-state index in [4.69, 9.17) is 0 Å². The van der Waals surface area contributed by atoms with E-state index in [1.54, 1.807) is 6.07 Å². The molecule has 2 aromatic carbocycles. The van der Waals surface area contributed by atoms with Crippen LogP contribution in [0.3, 0.4) is 0 Å². The van der Waals surface area contributed by atoms with Crippen molar-refractivity contribution in [2.24, 2.45) is 0 Å². The van der Waals surface area contributed by atoms with Gasteiger partial charge < -0.3 is 4.90 Å². The summed E-state index contributed by atoms with van der Waals surface area (Å²) in [5.41, 5.74) is 3.50. The fraction of sp³-hybridized carbons (Fsp3) is 0.435. The van der Waals surface area contributed by atoms with Gasteiger partial charge in [-0.3, -0.25) is 9.69 Å². The summed E-state index contributed by atoms with van der Waals surface area (Å²) in [6.07, 6.45) is 3.73. The van der Waals surface area contributed by atoms with E-state index in [1.807, 2.05) is 17.0 Å². The maximum Gasteiger partial charge on any atom is 0.223 e. The number of hydrogen-bond donors (Lipinski definition) is 0. The molecule has 1 atom stereocenters. The lowest BCUT2D eigenvalue weighted by Gasteiger charge is -2.23. The molecule has 27 heavy (non-hydrogen) atoms. The molecule has 1 amide bonds. The third kappa shape index (κ3) is 4.22. The second-order valence-corrected chi connectivity index (χ2v) is 7.74. The van der Waals surface area contributed by atoms with Gasteiger partial charge in [0.1, 0.15) is 5.82 Å². The zero-order valence-corrected chi connectivity index (χ0v) is 15.7. The molecule has 0 aromatic heterocycles. The molecule has 1 heterocycles. The molecule has 1 aliphatic carbocycles. The standard InChI is InChI=1S/C23H27FN2O/c24-22-9-4-2-7-20(22)17-25-12-5-13-26(15-14-25)23(27)16-19-11-10-18-6-1-3-8-21(18)19/h1-4,6-9,19H,5,10-17H2/t19-/m0/s1. The Labute approximate surface area is 160 Å². The molecular weight excluding hydrogens is 339 g/mol. The van der Waals surface area contributed by atoms with Crippen LogP contribution in [0.5, 0.6) is 0 Å². The van der Waals surface area contributed by atoms with Gasteiger partial charge in [0.25, 0.3) is 0 Å². The lowest BCUT2D eigenvalue weighted by atomic mass is 9.97. The Bertz CT molecular complexity index is 806. The first kappa shape index (κ1) is 18.2. The Hall–Kier alpha value is -2.20. The van der Waals surface area contributed by atoms with Gasteiger partial charge in [-0.2, -0.15) is 0 Å². The first-order valence-electron chi connectivity index (χ1n) is 10.0. The quantitative estimate of drug-likeness (QED) is 0.817. The number of carbonyl (C=O) groups is 1. The number of carbonyl (C=O) groups excluding carboxylic acids is 1. The minimum absolute atomic E-state index is 0.144. The molecular formula is C23H27FN2O. The van der Waals surface area contributed by atoms with Crippen molar-refractivity contribution in [1.29, 1.82) is 0 Å². The van der Waals surface area contributed by atoms with Crippen LogP contribution >= 0.6 is 0 Å². The molecule has 1 fully saturated rings. The topological polar surface area (TPSA) is 23.6 Å². The second kappa shape index (κ2) is 8.22. The summed E-state index contributed by atoms with van der Waals surface area (Å²) in [4.78, 5) is 17.2. The number of benzene rings is 2. The monoisotopic (exact) mass is 366 g/mol. The Balaban J connectivity index is 1.33. The van der Waals surface area contributed by atoms with Gasteiger partial charge in [0.2, 0.25) is 5.91 Å². The van der Waals surface area contributed by atoms with E-state index in [0.29, 0.717) is 18.9 Å². The molecule has 0 saturated carbocycles. The van der Waals surface area contributed by atoms with Gasteiger partial charge in [-0.1, -0.05) is 42.5 Å². The van der Waals surface area contributed by atoms with Crippen molar-refractivity contribution in [1.82, 2.24) is 9.80 Å². The van der Waals surface area contributed by atoms with Crippen LogP contribution < -0.4 is 0 Å². The fourth-order valence-electron chi connectivity index (χ4n) is 4.44. The normalized spacial score (nSPS) is 20.3. The van der Waals surface area contributed by atoms with Crippen LogP contribution in [0.15, 0.2) is 48.5 Å². The highest BCUT2D eigenvalue weighted by Crippen LogP contribution is 2.35. The third-order valence-electron chi connectivity index (χ3n) is 5.97. The minimum atomic E-state index is -0.144. The van der Waals surface area contributed by atoms with Gasteiger partial charge in [0.05, 0.1) is 0 Å². The van der Waals surface area contributed by atoms with E-state index in [2.05, 4.69) is 29.2 Å². The van der Waals surface area contributed by atoms with Gasteiger partial charge in [0.15, 0.2) is 0 Å². The lowest BCUT2D eigenvalue weighted by molar-refractivity contribution is -0.131. The summed E-state index contributed by atoms with van der Waals surface area (Å²) in [5, 5.41) is 0. The largest absolute Gasteiger partial charge is 0.341 e. The molecule has 2 aromatic rings. The van der Waals surface area contributed by atoms with Crippen molar-refractivity contribution >= 4 is 5.91 Å². The summed E-state index contributed by atoms with van der Waals surface area (Å²) in [6.45, 7) is 3.87. The number of nitrogens with zero attached hydrogens (tertiary/aromatic N) is 2. The summed E-state index contributed by atoms with van der Waals surface area (Å²) in [5.74, 6) is 0.491. The van der Waals surface area contributed by atoms with Gasteiger partial charge in [-0.25, -0.2) is 4.39 Å². The van der Waals surface area contributed by atoms with Crippen molar-refractivity contribution in [2.45, 2.75) is 38.1 Å². The molecule has 4 heteroatoms. The highest BCUT2D eigenvalue weighted by atomic mass is 19.1. The number of fused-ring (bicyclic) bond motifs is 1. The SMILES string of the molecule is O=C(C[C@@H]1CCc2ccccc21)N1CCCN(Cc2ccccc2F)CC1. The average molecular weight is 366 g/mol. The molecule has 4 rings (SSSR count). The number of halogens is 1. The van der Waals surface area contributed by atoms with Crippen molar-refractivity contribution in [3.05, 3.63) is 71.0 Å². The van der Waals surface area contributed by atoms with Gasteiger partial charge >= 0.3 is 0 Å². The molecule has 0 N–H and O–H groups in total. The fourth-order valence-corrected chi connectivity index (χ4v) is 4.44. The predicted octanol–water partition coefficient (Wildman–Crippen LogP) is 3.98. The van der Waals surface area contributed by atoms with E-state index >= 15 is 0 Å². The first-order valence-corrected chi connectivity index (χ1v) is 10.0. The average Bonchev–Trinajstić information content (AvgIpc) is 2.93. The maximum absolute atomic E-state index is 13.9. The van der Waals surface area contributed by atoms with E-state index in [0.717, 1.165) is 51.0 Å².